The van der Waals surface area contributed by atoms with E-state index in [0.717, 1.165) is 13.0 Å². The van der Waals surface area contributed by atoms with Crippen LogP contribution in [0.3, 0.4) is 0 Å². The van der Waals surface area contributed by atoms with Crippen LogP contribution in [0.2, 0.25) is 0 Å². The molecule has 0 aliphatic heterocycles. The summed E-state index contributed by atoms with van der Waals surface area (Å²) in [7, 11) is 1.66. The van der Waals surface area contributed by atoms with Gasteiger partial charge in [-0.15, -0.1) is 0 Å². The van der Waals surface area contributed by atoms with Crippen LogP contribution in [-0.4, -0.2) is 50.2 Å². The van der Waals surface area contributed by atoms with Crippen LogP contribution in [0.4, 0.5) is 5.69 Å². The molecule has 1 aromatic rings. The van der Waals surface area contributed by atoms with Crippen LogP contribution in [0.5, 0.6) is 0 Å². The Morgan fingerprint density at radius 3 is 2.83 bits per heavy atom. The Hall–Kier alpha value is -2.15. The number of nitrogens with one attached hydrogen (secondary N) is 3. The van der Waals surface area contributed by atoms with Crippen molar-refractivity contribution in [1.82, 2.24) is 15.6 Å². The van der Waals surface area contributed by atoms with Gasteiger partial charge in [-0.05, 0) is 24.5 Å². The summed E-state index contributed by atoms with van der Waals surface area (Å²) in [5.74, 6) is 1.06. The maximum absolute atomic E-state index is 11.8. The average molecular weight is 321 g/mol. The van der Waals surface area contributed by atoms with Crippen molar-refractivity contribution in [1.29, 1.82) is 0 Å². The second kappa shape index (κ2) is 11.4. The number of guanidine groups is 1. The summed E-state index contributed by atoms with van der Waals surface area (Å²) < 4.78 is 5.51. The Bertz CT molecular complexity index is 477. The van der Waals surface area contributed by atoms with Crippen molar-refractivity contribution in [3.63, 3.8) is 0 Å². The minimum Gasteiger partial charge on any atom is -0.380 e. The van der Waals surface area contributed by atoms with Gasteiger partial charge in [0, 0.05) is 26.4 Å². The molecule has 3 N–H and O–H groups in total. The highest BCUT2D eigenvalue weighted by molar-refractivity contribution is 5.94. The van der Waals surface area contributed by atoms with Crippen molar-refractivity contribution >= 4 is 17.6 Å². The van der Waals surface area contributed by atoms with E-state index in [1.807, 2.05) is 0 Å². The summed E-state index contributed by atoms with van der Waals surface area (Å²) >= 11 is 0. The maximum atomic E-state index is 11.8. The number of nitrogens with zero attached hydrogens (tertiary/aromatic N) is 2. The highest BCUT2D eigenvalue weighted by Gasteiger charge is 2.04. The first-order chi connectivity index (χ1) is 11.1. The fourth-order valence-corrected chi connectivity index (χ4v) is 1.69. The van der Waals surface area contributed by atoms with Crippen molar-refractivity contribution in [2.75, 3.05) is 38.7 Å². The number of hydrogen-bond acceptors (Lipinski definition) is 4. The normalized spacial score (nSPS) is 11.4. The molecular weight excluding hydrogens is 294 g/mol. The van der Waals surface area contributed by atoms with Gasteiger partial charge in [0.05, 0.1) is 25.0 Å². The zero-order chi connectivity index (χ0) is 16.9. The number of carbonyl (C=O) groups excluding carboxylic acids is 1. The molecule has 128 valence electrons. The molecule has 23 heavy (non-hydrogen) atoms. The Balaban J connectivity index is 2.15. The van der Waals surface area contributed by atoms with Crippen LogP contribution in [0.25, 0.3) is 0 Å². The van der Waals surface area contributed by atoms with E-state index in [1.54, 1.807) is 31.6 Å². The Labute approximate surface area is 137 Å². The van der Waals surface area contributed by atoms with Gasteiger partial charge in [-0.3, -0.25) is 14.8 Å². The van der Waals surface area contributed by atoms with Gasteiger partial charge in [0.1, 0.15) is 0 Å². The highest BCUT2D eigenvalue weighted by Crippen LogP contribution is 2.01. The lowest BCUT2D eigenvalue weighted by atomic mass is 10.1. The summed E-state index contributed by atoms with van der Waals surface area (Å²) in [6, 6.07) is 3.55. The van der Waals surface area contributed by atoms with Gasteiger partial charge in [0.15, 0.2) is 5.96 Å². The smallest absolute Gasteiger partial charge is 0.243 e. The zero-order valence-corrected chi connectivity index (χ0v) is 14.1. The van der Waals surface area contributed by atoms with Gasteiger partial charge in [-0.25, -0.2) is 0 Å². The Morgan fingerprint density at radius 1 is 1.35 bits per heavy atom. The van der Waals surface area contributed by atoms with Gasteiger partial charge < -0.3 is 20.7 Å². The molecule has 0 radical (unpaired) electrons. The zero-order valence-electron chi connectivity index (χ0n) is 14.1. The molecule has 1 rings (SSSR count). The molecule has 0 aliphatic carbocycles. The van der Waals surface area contributed by atoms with E-state index >= 15 is 0 Å². The predicted octanol–water partition coefficient (Wildman–Crippen LogP) is 1.25. The lowest BCUT2D eigenvalue weighted by Gasteiger charge is -2.12. The number of carbonyl (C=O) groups is 1. The van der Waals surface area contributed by atoms with Crippen LogP contribution < -0.4 is 16.0 Å². The molecule has 0 bridgehead atoms. The number of rotatable bonds is 9. The summed E-state index contributed by atoms with van der Waals surface area (Å²) in [5.41, 5.74) is 0.667. The van der Waals surface area contributed by atoms with E-state index in [-0.39, 0.29) is 12.5 Å². The molecule has 0 spiro atoms. The Morgan fingerprint density at radius 2 is 2.17 bits per heavy atom. The topological polar surface area (TPSA) is 87.6 Å². The number of aliphatic imine (C=N–C) groups is 1. The maximum Gasteiger partial charge on any atom is 0.243 e. The van der Waals surface area contributed by atoms with Crippen LogP contribution in [-0.2, 0) is 9.53 Å². The van der Waals surface area contributed by atoms with Crippen molar-refractivity contribution in [2.45, 2.75) is 20.3 Å². The fraction of sp³-hybridized carbons (Fsp3) is 0.562. The molecular formula is C16H27N5O2. The first kappa shape index (κ1) is 18.9. The van der Waals surface area contributed by atoms with Crippen molar-refractivity contribution < 1.29 is 9.53 Å². The van der Waals surface area contributed by atoms with Gasteiger partial charge in [0.2, 0.25) is 5.91 Å². The van der Waals surface area contributed by atoms with Crippen molar-refractivity contribution in [2.24, 2.45) is 10.9 Å². The molecule has 0 saturated heterocycles. The summed E-state index contributed by atoms with van der Waals surface area (Å²) in [5, 5.41) is 8.79. The monoisotopic (exact) mass is 321 g/mol. The lowest BCUT2D eigenvalue weighted by Crippen LogP contribution is -2.42. The quantitative estimate of drug-likeness (QED) is 0.362. The molecule has 0 aliphatic rings. The van der Waals surface area contributed by atoms with E-state index in [4.69, 9.17) is 4.74 Å². The molecule has 0 fully saturated rings. The number of hydrogen-bond donors (Lipinski definition) is 3. The standard InChI is InChI=1S/C16H27N5O2/c1-13(2)6-9-23-10-8-19-16(17-3)20-12-15(22)21-14-5-4-7-18-11-14/h4-5,7,11,13H,6,8-10,12H2,1-3H3,(H,21,22)(H2,17,19,20). The molecule has 1 heterocycles. The summed E-state index contributed by atoms with van der Waals surface area (Å²) in [6.07, 6.45) is 4.31. The van der Waals surface area contributed by atoms with E-state index in [1.165, 1.54) is 0 Å². The van der Waals surface area contributed by atoms with E-state index in [9.17, 15) is 4.79 Å². The van der Waals surface area contributed by atoms with E-state index < -0.39 is 0 Å². The fourth-order valence-electron chi connectivity index (χ4n) is 1.69. The van der Waals surface area contributed by atoms with Crippen LogP contribution in [0.15, 0.2) is 29.5 Å². The van der Waals surface area contributed by atoms with Gasteiger partial charge in [0.25, 0.3) is 0 Å². The van der Waals surface area contributed by atoms with Crippen molar-refractivity contribution in [3.8, 4) is 0 Å². The highest BCUT2D eigenvalue weighted by atomic mass is 16.5. The SMILES string of the molecule is CN=C(NCCOCCC(C)C)NCC(=O)Nc1cccnc1. The minimum atomic E-state index is -0.158. The molecule has 0 saturated carbocycles. The predicted molar refractivity (Wildman–Crippen MR) is 92.5 cm³/mol. The number of pyridine rings is 1. The third-order valence-electron chi connectivity index (χ3n) is 2.96. The summed E-state index contributed by atoms with van der Waals surface area (Å²) in [6.45, 7) is 6.48. The summed E-state index contributed by atoms with van der Waals surface area (Å²) in [4.78, 5) is 19.8. The molecule has 0 aromatic carbocycles. The van der Waals surface area contributed by atoms with Gasteiger partial charge in [-0.1, -0.05) is 13.8 Å². The molecule has 7 heteroatoms. The molecule has 0 atom stereocenters. The van der Waals surface area contributed by atoms with Crippen LogP contribution >= 0.6 is 0 Å². The number of aromatic nitrogens is 1. The molecule has 0 unspecified atom stereocenters. The second-order valence-corrected chi connectivity index (χ2v) is 5.44. The van der Waals surface area contributed by atoms with E-state index in [0.29, 0.717) is 30.7 Å². The van der Waals surface area contributed by atoms with Gasteiger partial charge >= 0.3 is 0 Å². The number of anilines is 1. The number of ether oxygens (including phenoxy) is 1. The van der Waals surface area contributed by atoms with Crippen LogP contribution in [0.1, 0.15) is 20.3 Å². The van der Waals surface area contributed by atoms with Crippen LogP contribution in [0, 0.1) is 5.92 Å². The minimum absolute atomic E-state index is 0.128. The first-order valence-electron chi connectivity index (χ1n) is 7.84. The lowest BCUT2D eigenvalue weighted by molar-refractivity contribution is -0.115. The largest absolute Gasteiger partial charge is 0.380 e. The third-order valence-corrected chi connectivity index (χ3v) is 2.96. The molecule has 1 aromatic heterocycles. The third kappa shape index (κ3) is 9.46. The Kier molecular flexibility index (Phi) is 9.38. The molecule has 1 amide bonds. The second-order valence-electron chi connectivity index (χ2n) is 5.44. The van der Waals surface area contributed by atoms with E-state index in [2.05, 4.69) is 39.8 Å². The first-order valence-corrected chi connectivity index (χ1v) is 7.84. The van der Waals surface area contributed by atoms with Gasteiger partial charge in [-0.2, -0.15) is 0 Å². The number of amides is 1. The average Bonchev–Trinajstić information content (AvgIpc) is 2.54. The van der Waals surface area contributed by atoms with Crippen molar-refractivity contribution in [3.05, 3.63) is 24.5 Å². The molecule has 7 nitrogen and oxygen atoms in total.